The standard InChI is InChI=1S/C15H12ClNO2/c16-10-2-1-3-11(7-10)17-14(18)12-8-4-5-9(6-8)13(12)15(17)19/h1-5,7-9,12-13H,6H2/t8-,9+,12-,13+. The average Bonchev–Trinajstić information content (AvgIpc) is 3.04. The van der Waals surface area contributed by atoms with Crippen LogP contribution in [0.1, 0.15) is 6.42 Å². The van der Waals surface area contributed by atoms with Crippen molar-refractivity contribution in [1.29, 1.82) is 0 Å². The van der Waals surface area contributed by atoms with E-state index in [1.807, 2.05) is 0 Å². The van der Waals surface area contributed by atoms with E-state index in [2.05, 4.69) is 12.2 Å². The molecule has 0 unspecified atom stereocenters. The Morgan fingerprint density at radius 3 is 2.26 bits per heavy atom. The number of anilines is 1. The number of amides is 2. The first-order valence-electron chi connectivity index (χ1n) is 6.48. The van der Waals surface area contributed by atoms with E-state index < -0.39 is 0 Å². The van der Waals surface area contributed by atoms with Crippen molar-refractivity contribution in [2.24, 2.45) is 23.7 Å². The molecule has 1 aromatic carbocycles. The van der Waals surface area contributed by atoms with Gasteiger partial charge in [-0.05, 0) is 36.5 Å². The van der Waals surface area contributed by atoms with Gasteiger partial charge in [-0.2, -0.15) is 0 Å². The van der Waals surface area contributed by atoms with Crippen molar-refractivity contribution >= 4 is 29.1 Å². The van der Waals surface area contributed by atoms with Gasteiger partial charge in [0.2, 0.25) is 11.8 Å². The Hall–Kier alpha value is -1.61. The molecule has 19 heavy (non-hydrogen) atoms. The molecule has 3 aliphatic rings. The Morgan fingerprint density at radius 2 is 1.68 bits per heavy atom. The number of rotatable bonds is 1. The van der Waals surface area contributed by atoms with Gasteiger partial charge in [0.15, 0.2) is 0 Å². The Kier molecular flexibility index (Phi) is 2.19. The van der Waals surface area contributed by atoms with Gasteiger partial charge >= 0.3 is 0 Å². The molecule has 3 nitrogen and oxygen atoms in total. The molecule has 4 rings (SSSR count). The molecule has 2 bridgehead atoms. The Balaban J connectivity index is 1.77. The summed E-state index contributed by atoms with van der Waals surface area (Å²) in [7, 11) is 0. The molecule has 2 fully saturated rings. The minimum atomic E-state index is -0.151. The summed E-state index contributed by atoms with van der Waals surface area (Å²) in [5.41, 5.74) is 0.594. The third-order valence-electron chi connectivity index (χ3n) is 4.54. The molecule has 2 amide bonds. The van der Waals surface area contributed by atoms with E-state index in [0.29, 0.717) is 10.7 Å². The fraction of sp³-hybridized carbons (Fsp3) is 0.333. The van der Waals surface area contributed by atoms with Crippen LogP contribution in [0.2, 0.25) is 5.02 Å². The fourth-order valence-corrected chi connectivity index (χ4v) is 3.96. The molecule has 1 saturated heterocycles. The summed E-state index contributed by atoms with van der Waals surface area (Å²) in [6.07, 6.45) is 5.15. The highest BCUT2D eigenvalue weighted by molar-refractivity contribution is 6.31. The molecule has 0 N–H and O–H groups in total. The topological polar surface area (TPSA) is 37.4 Å². The van der Waals surface area contributed by atoms with E-state index in [9.17, 15) is 9.59 Å². The van der Waals surface area contributed by atoms with Gasteiger partial charge in [0.05, 0.1) is 17.5 Å². The summed E-state index contributed by atoms with van der Waals surface area (Å²) in [5, 5.41) is 0.538. The van der Waals surface area contributed by atoms with Crippen molar-refractivity contribution in [3.8, 4) is 0 Å². The Morgan fingerprint density at radius 1 is 1.05 bits per heavy atom. The van der Waals surface area contributed by atoms with Crippen molar-refractivity contribution in [3.05, 3.63) is 41.4 Å². The van der Waals surface area contributed by atoms with E-state index in [0.717, 1.165) is 6.42 Å². The van der Waals surface area contributed by atoms with Crippen molar-refractivity contribution in [2.45, 2.75) is 6.42 Å². The lowest BCUT2D eigenvalue weighted by molar-refractivity contribution is -0.123. The largest absolute Gasteiger partial charge is 0.274 e. The first-order chi connectivity index (χ1) is 9.16. The zero-order valence-electron chi connectivity index (χ0n) is 10.1. The minimum absolute atomic E-state index is 0.0610. The minimum Gasteiger partial charge on any atom is -0.274 e. The van der Waals surface area contributed by atoms with Gasteiger partial charge < -0.3 is 0 Å². The molecular formula is C15H12ClNO2. The van der Waals surface area contributed by atoms with E-state index in [1.54, 1.807) is 24.3 Å². The van der Waals surface area contributed by atoms with Gasteiger partial charge in [-0.25, -0.2) is 4.90 Å². The van der Waals surface area contributed by atoms with Crippen LogP contribution < -0.4 is 4.90 Å². The molecule has 0 spiro atoms. The van der Waals surface area contributed by atoms with Crippen LogP contribution in [0.4, 0.5) is 5.69 Å². The van der Waals surface area contributed by atoms with Crippen LogP contribution in [0.5, 0.6) is 0 Å². The highest BCUT2D eigenvalue weighted by atomic mass is 35.5. The number of fused-ring (bicyclic) bond motifs is 5. The monoisotopic (exact) mass is 273 g/mol. The zero-order valence-corrected chi connectivity index (χ0v) is 10.9. The van der Waals surface area contributed by atoms with Crippen molar-refractivity contribution in [3.63, 3.8) is 0 Å². The van der Waals surface area contributed by atoms with Crippen LogP contribution in [-0.4, -0.2) is 11.8 Å². The quantitative estimate of drug-likeness (QED) is 0.583. The summed E-state index contributed by atoms with van der Waals surface area (Å²) < 4.78 is 0. The molecule has 96 valence electrons. The lowest BCUT2D eigenvalue weighted by Crippen LogP contribution is -2.32. The lowest BCUT2D eigenvalue weighted by atomic mass is 9.85. The van der Waals surface area contributed by atoms with Crippen molar-refractivity contribution < 1.29 is 9.59 Å². The van der Waals surface area contributed by atoms with Gasteiger partial charge in [-0.15, -0.1) is 0 Å². The second-order valence-corrected chi connectivity index (χ2v) is 5.93. The maximum Gasteiger partial charge on any atom is 0.238 e. The number of benzene rings is 1. The van der Waals surface area contributed by atoms with Crippen molar-refractivity contribution in [2.75, 3.05) is 4.90 Å². The highest BCUT2D eigenvalue weighted by Gasteiger charge is 2.59. The number of hydrogen-bond acceptors (Lipinski definition) is 2. The number of carbonyl (C=O) groups excluding carboxylic acids is 2. The van der Waals surface area contributed by atoms with Gasteiger partial charge in [-0.1, -0.05) is 29.8 Å². The second-order valence-electron chi connectivity index (χ2n) is 5.49. The summed E-state index contributed by atoms with van der Waals surface area (Å²) in [5.74, 6) is 0.0671. The van der Waals surface area contributed by atoms with Gasteiger partial charge in [0, 0.05) is 5.02 Å². The van der Waals surface area contributed by atoms with E-state index in [4.69, 9.17) is 11.6 Å². The number of halogens is 1. The van der Waals surface area contributed by atoms with Gasteiger partial charge in [0.1, 0.15) is 0 Å². The highest BCUT2D eigenvalue weighted by Crippen LogP contribution is 2.53. The summed E-state index contributed by atoms with van der Waals surface area (Å²) in [6, 6.07) is 6.94. The molecule has 4 atom stereocenters. The zero-order chi connectivity index (χ0) is 13.1. The fourth-order valence-electron chi connectivity index (χ4n) is 3.77. The predicted molar refractivity (Wildman–Crippen MR) is 71.7 cm³/mol. The first kappa shape index (κ1) is 11.2. The maximum atomic E-state index is 12.5. The van der Waals surface area contributed by atoms with Gasteiger partial charge in [0.25, 0.3) is 0 Å². The molecular weight excluding hydrogens is 262 g/mol. The average molecular weight is 274 g/mol. The van der Waals surface area contributed by atoms with Gasteiger partial charge in [-0.3, -0.25) is 9.59 Å². The molecule has 1 heterocycles. The number of allylic oxidation sites excluding steroid dienone is 2. The van der Waals surface area contributed by atoms with Crippen LogP contribution in [-0.2, 0) is 9.59 Å². The molecule has 0 aromatic heterocycles. The maximum absolute atomic E-state index is 12.5. The van der Waals surface area contributed by atoms with E-state index >= 15 is 0 Å². The Labute approximate surface area is 115 Å². The number of nitrogens with zero attached hydrogens (tertiary/aromatic N) is 1. The van der Waals surface area contributed by atoms with Crippen LogP contribution in [0, 0.1) is 23.7 Å². The SMILES string of the molecule is O=C1[C@@H]2[C@H](C(=O)N1c1cccc(Cl)c1)[C@@H]1C=C[C@H]2C1. The number of hydrogen-bond donors (Lipinski definition) is 0. The van der Waals surface area contributed by atoms with E-state index in [1.165, 1.54) is 4.90 Å². The van der Waals surface area contributed by atoms with E-state index in [-0.39, 0.29) is 35.5 Å². The number of carbonyl (C=O) groups is 2. The molecule has 1 saturated carbocycles. The molecule has 2 aliphatic carbocycles. The van der Waals surface area contributed by atoms with Crippen LogP contribution in [0.15, 0.2) is 36.4 Å². The van der Waals surface area contributed by atoms with Crippen LogP contribution in [0.3, 0.4) is 0 Å². The molecule has 1 aromatic rings. The summed E-state index contributed by atoms with van der Waals surface area (Å²) >= 11 is 5.95. The normalized spacial score (nSPS) is 35.3. The van der Waals surface area contributed by atoms with Crippen LogP contribution in [0.25, 0.3) is 0 Å². The van der Waals surface area contributed by atoms with Crippen molar-refractivity contribution in [1.82, 2.24) is 0 Å². The molecule has 1 aliphatic heterocycles. The third-order valence-corrected chi connectivity index (χ3v) is 4.77. The lowest BCUT2D eigenvalue weighted by Gasteiger charge is -2.17. The molecule has 4 heteroatoms. The number of imide groups is 1. The Bertz CT molecular complexity index is 594. The summed E-state index contributed by atoms with van der Waals surface area (Å²) in [4.78, 5) is 26.4. The summed E-state index contributed by atoms with van der Waals surface area (Å²) in [6.45, 7) is 0. The predicted octanol–water partition coefficient (Wildman–Crippen LogP) is 2.65. The molecule has 0 radical (unpaired) electrons. The first-order valence-corrected chi connectivity index (χ1v) is 6.86. The smallest absolute Gasteiger partial charge is 0.238 e. The van der Waals surface area contributed by atoms with Crippen LogP contribution >= 0.6 is 11.6 Å². The second kappa shape index (κ2) is 3.70. The third kappa shape index (κ3) is 1.39.